The highest BCUT2D eigenvalue weighted by Crippen LogP contribution is 2.16. The van der Waals surface area contributed by atoms with E-state index in [1.165, 1.54) is 0 Å². The highest BCUT2D eigenvalue weighted by molar-refractivity contribution is 5.96. The van der Waals surface area contributed by atoms with Crippen LogP contribution in [0, 0.1) is 0 Å². The molecule has 0 radical (unpaired) electrons. The summed E-state index contributed by atoms with van der Waals surface area (Å²) < 4.78 is 5.16. The van der Waals surface area contributed by atoms with Crippen LogP contribution < -0.4 is 15.6 Å². The molecule has 1 heterocycles. The van der Waals surface area contributed by atoms with Crippen LogP contribution in [0.3, 0.4) is 0 Å². The van der Waals surface area contributed by atoms with Gasteiger partial charge in [-0.15, -0.1) is 0 Å². The summed E-state index contributed by atoms with van der Waals surface area (Å²) in [6, 6.07) is 7.15. The number of nitrogens with zero attached hydrogens (tertiary/aromatic N) is 1. The molecule has 0 spiro atoms. The summed E-state index contributed by atoms with van der Waals surface area (Å²) in [4.78, 5) is 14.3. The van der Waals surface area contributed by atoms with Gasteiger partial charge in [-0.3, -0.25) is 10.2 Å². The number of rotatable bonds is 4. The van der Waals surface area contributed by atoms with Crippen LogP contribution in [0.15, 0.2) is 36.0 Å². The molecule has 0 saturated heterocycles. The van der Waals surface area contributed by atoms with Crippen molar-refractivity contribution in [3.8, 4) is 5.75 Å². The minimum Gasteiger partial charge on any atom is -0.496 e. The predicted octanol–water partition coefficient (Wildman–Crippen LogP) is 1.15. The molecule has 2 rings (SSSR count). The van der Waals surface area contributed by atoms with Crippen LogP contribution in [0.5, 0.6) is 5.75 Å². The van der Waals surface area contributed by atoms with Gasteiger partial charge >= 0.3 is 0 Å². The number of nitrogens with one attached hydrogen (secondary N) is 2. The molecule has 102 valence electrons. The summed E-state index contributed by atoms with van der Waals surface area (Å²) in [5.41, 5.74) is 7.24. The van der Waals surface area contributed by atoms with Gasteiger partial charge in [-0.25, -0.2) is 0 Å². The molecular weight excluding hydrogens is 242 g/mol. The summed E-state index contributed by atoms with van der Waals surface area (Å²) in [6.45, 7) is 1.89. The number of hydrogen-bond donors (Lipinski definition) is 2. The van der Waals surface area contributed by atoms with Gasteiger partial charge in [0.05, 0.1) is 12.7 Å². The molecule has 0 atom stereocenters. The maximum Gasteiger partial charge on any atom is 0.273 e. The number of ether oxygens (including phenoxy) is 1. The summed E-state index contributed by atoms with van der Waals surface area (Å²) in [6.07, 6.45) is 2.98. The molecule has 0 saturated carbocycles. The standard InChI is InChI=1S/C14H19N3O2/c1-17-9-7-11(8-10-17)15-16-14(18)12-5-3-4-6-13(12)19-2/h3-7,15H,8-10H2,1-2H3,(H,16,18). The van der Waals surface area contributed by atoms with Crippen molar-refractivity contribution in [2.75, 3.05) is 27.2 Å². The lowest BCUT2D eigenvalue weighted by Crippen LogP contribution is -2.39. The second-order valence-corrected chi connectivity index (χ2v) is 4.52. The van der Waals surface area contributed by atoms with Gasteiger partial charge in [0.25, 0.3) is 5.91 Å². The zero-order valence-corrected chi connectivity index (χ0v) is 11.3. The Morgan fingerprint density at radius 2 is 2.16 bits per heavy atom. The minimum atomic E-state index is -0.197. The molecular formula is C14H19N3O2. The Kier molecular flexibility index (Phi) is 4.41. The first kappa shape index (κ1) is 13.4. The normalized spacial score (nSPS) is 15.6. The van der Waals surface area contributed by atoms with Crippen LogP contribution in [0.25, 0.3) is 0 Å². The summed E-state index contributed by atoms with van der Waals surface area (Å²) in [5.74, 6) is 0.372. The number of methoxy groups -OCH3 is 1. The molecule has 0 bridgehead atoms. The zero-order chi connectivity index (χ0) is 13.7. The van der Waals surface area contributed by atoms with Gasteiger partial charge in [-0.1, -0.05) is 12.1 Å². The number of carbonyl (C=O) groups excluding carboxylic acids is 1. The molecule has 1 aliphatic heterocycles. The van der Waals surface area contributed by atoms with Crippen molar-refractivity contribution in [2.24, 2.45) is 0 Å². The lowest BCUT2D eigenvalue weighted by molar-refractivity contribution is 0.0934. The fourth-order valence-electron chi connectivity index (χ4n) is 1.92. The SMILES string of the molecule is COc1ccccc1C(=O)NNC1=CCN(C)CC1. The molecule has 1 aromatic rings. The van der Waals surface area contributed by atoms with Gasteiger partial charge in [-0.2, -0.15) is 0 Å². The fraction of sp³-hybridized carbons (Fsp3) is 0.357. The van der Waals surface area contributed by atoms with E-state index in [0.717, 1.165) is 25.2 Å². The number of hydrazine groups is 1. The van der Waals surface area contributed by atoms with E-state index in [2.05, 4.69) is 28.9 Å². The highest BCUT2D eigenvalue weighted by Gasteiger charge is 2.12. The minimum absolute atomic E-state index is 0.197. The molecule has 1 amide bonds. The number of para-hydroxylation sites is 1. The van der Waals surface area contributed by atoms with Crippen molar-refractivity contribution in [1.82, 2.24) is 15.8 Å². The van der Waals surface area contributed by atoms with E-state index in [-0.39, 0.29) is 5.91 Å². The van der Waals surface area contributed by atoms with Crippen molar-refractivity contribution >= 4 is 5.91 Å². The zero-order valence-electron chi connectivity index (χ0n) is 11.3. The second-order valence-electron chi connectivity index (χ2n) is 4.52. The summed E-state index contributed by atoms with van der Waals surface area (Å²) >= 11 is 0. The summed E-state index contributed by atoms with van der Waals surface area (Å²) in [7, 11) is 3.62. The number of amides is 1. The maximum absolute atomic E-state index is 12.0. The van der Waals surface area contributed by atoms with E-state index in [4.69, 9.17) is 4.74 Å². The second kappa shape index (κ2) is 6.24. The third-order valence-electron chi connectivity index (χ3n) is 3.10. The van der Waals surface area contributed by atoms with Gasteiger partial charge in [-0.05, 0) is 25.3 Å². The predicted molar refractivity (Wildman–Crippen MR) is 73.8 cm³/mol. The largest absolute Gasteiger partial charge is 0.496 e. The average Bonchev–Trinajstić information content (AvgIpc) is 2.46. The van der Waals surface area contributed by atoms with Crippen molar-refractivity contribution in [1.29, 1.82) is 0 Å². The van der Waals surface area contributed by atoms with Crippen LogP contribution in [0.2, 0.25) is 0 Å². The Morgan fingerprint density at radius 3 is 2.84 bits per heavy atom. The highest BCUT2D eigenvalue weighted by atomic mass is 16.5. The lowest BCUT2D eigenvalue weighted by atomic mass is 10.2. The summed E-state index contributed by atoms with van der Waals surface area (Å²) in [5, 5.41) is 0. The topological polar surface area (TPSA) is 53.6 Å². The molecule has 5 nitrogen and oxygen atoms in total. The smallest absolute Gasteiger partial charge is 0.273 e. The number of benzene rings is 1. The van der Waals surface area contributed by atoms with E-state index < -0.39 is 0 Å². The van der Waals surface area contributed by atoms with E-state index >= 15 is 0 Å². The average molecular weight is 261 g/mol. The van der Waals surface area contributed by atoms with Crippen molar-refractivity contribution < 1.29 is 9.53 Å². The Morgan fingerprint density at radius 1 is 1.37 bits per heavy atom. The molecule has 0 unspecified atom stereocenters. The Bertz CT molecular complexity index is 485. The number of carbonyl (C=O) groups is 1. The van der Waals surface area contributed by atoms with Gasteiger partial charge in [0, 0.05) is 25.2 Å². The van der Waals surface area contributed by atoms with Crippen molar-refractivity contribution in [3.05, 3.63) is 41.6 Å². The molecule has 5 heteroatoms. The first-order valence-corrected chi connectivity index (χ1v) is 6.27. The Balaban J connectivity index is 1.94. The van der Waals surface area contributed by atoms with Crippen LogP contribution in [-0.2, 0) is 0 Å². The Hall–Kier alpha value is -2.01. The quantitative estimate of drug-likeness (QED) is 0.798. The van der Waals surface area contributed by atoms with Gasteiger partial charge < -0.3 is 15.1 Å². The molecule has 2 N–H and O–H groups in total. The number of likely N-dealkylation sites (N-methyl/N-ethyl adjacent to an activating group) is 1. The van der Waals surface area contributed by atoms with E-state index in [1.54, 1.807) is 19.2 Å². The van der Waals surface area contributed by atoms with Gasteiger partial charge in [0.2, 0.25) is 0 Å². The first-order valence-electron chi connectivity index (χ1n) is 6.27. The first-order chi connectivity index (χ1) is 9.20. The lowest BCUT2D eigenvalue weighted by Gasteiger charge is -2.23. The molecule has 0 aliphatic carbocycles. The van der Waals surface area contributed by atoms with Gasteiger partial charge in [0.15, 0.2) is 0 Å². The van der Waals surface area contributed by atoms with Crippen LogP contribution in [-0.4, -0.2) is 38.1 Å². The third kappa shape index (κ3) is 3.48. The van der Waals surface area contributed by atoms with E-state index in [9.17, 15) is 4.79 Å². The molecule has 1 aliphatic rings. The van der Waals surface area contributed by atoms with Crippen LogP contribution in [0.4, 0.5) is 0 Å². The Labute approximate surface area is 113 Å². The van der Waals surface area contributed by atoms with Crippen LogP contribution >= 0.6 is 0 Å². The molecule has 0 aromatic heterocycles. The van der Waals surface area contributed by atoms with E-state index in [1.807, 2.05) is 12.1 Å². The van der Waals surface area contributed by atoms with Crippen molar-refractivity contribution in [3.63, 3.8) is 0 Å². The van der Waals surface area contributed by atoms with E-state index in [0.29, 0.717) is 11.3 Å². The molecule has 19 heavy (non-hydrogen) atoms. The van der Waals surface area contributed by atoms with Crippen molar-refractivity contribution in [2.45, 2.75) is 6.42 Å². The molecule has 1 aromatic carbocycles. The monoisotopic (exact) mass is 261 g/mol. The van der Waals surface area contributed by atoms with Gasteiger partial charge in [0.1, 0.15) is 5.75 Å². The third-order valence-corrected chi connectivity index (χ3v) is 3.10. The number of hydrogen-bond acceptors (Lipinski definition) is 4. The molecule has 0 fully saturated rings. The van der Waals surface area contributed by atoms with Crippen LogP contribution in [0.1, 0.15) is 16.8 Å². The fourth-order valence-corrected chi connectivity index (χ4v) is 1.92. The maximum atomic E-state index is 12.0.